The van der Waals surface area contributed by atoms with E-state index in [0.29, 0.717) is 0 Å². The lowest BCUT2D eigenvalue weighted by atomic mass is 9.74. The molecule has 0 aliphatic heterocycles. The number of hydrogen-bond donors (Lipinski definition) is 1. The molecular formula is C9H12BrNO. The Balaban J connectivity index is 2.03. The standard InChI is InChI=1S/C9H12BrNO/c10-8-4-7(6-12-8)5-9(11)2-1-3-9/h4,6H,1-3,5,11H2. The van der Waals surface area contributed by atoms with Crippen LogP contribution in [0.5, 0.6) is 0 Å². The van der Waals surface area contributed by atoms with Gasteiger partial charge in [-0.15, -0.1) is 0 Å². The van der Waals surface area contributed by atoms with Crippen LogP contribution < -0.4 is 5.73 Å². The summed E-state index contributed by atoms with van der Waals surface area (Å²) in [5, 5.41) is 0. The zero-order valence-corrected chi connectivity index (χ0v) is 8.43. The maximum atomic E-state index is 6.09. The topological polar surface area (TPSA) is 39.2 Å². The third kappa shape index (κ3) is 1.57. The van der Waals surface area contributed by atoms with Gasteiger partial charge in [-0.3, -0.25) is 0 Å². The number of halogens is 1. The van der Waals surface area contributed by atoms with E-state index in [4.69, 9.17) is 10.2 Å². The van der Waals surface area contributed by atoms with E-state index in [2.05, 4.69) is 15.9 Å². The van der Waals surface area contributed by atoms with E-state index in [0.717, 1.165) is 23.9 Å². The predicted molar refractivity (Wildman–Crippen MR) is 50.9 cm³/mol. The van der Waals surface area contributed by atoms with Gasteiger partial charge in [0.25, 0.3) is 0 Å². The average Bonchev–Trinajstić information content (AvgIpc) is 2.32. The van der Waals surface area contributed by atoms with Crippen LogP contribution in [0.25, 0.3) is 0 Å². The van der Waals surface area contributed by atoms with Gasteiger partial charge in [0.1, 0.15) is 0 Å². The van der Waals surface area contributed by atoms with Crippen molar-refractivity contribution in [2.45, 2.75) is 31.2 Å². The van der Waals surface area contributed by atoms with Crippen LogP contribution in [0.15, 0.2) is 21.4 Å². The fourth-order valence-corrected chi connectivity index (χ4v) is 2.04. The Bertz CT molecular complexity index is 278. The van der Waals surface area contributed by atoms with Crippen LogP contribution in [0.3, 0.4) is 0 Å². The first kappa shape index (κ1) is 8.32. The smallest absolute Gasteiger partial charge is 0.169 e. The molecule has 0 atom stereocenters. The molecule has 0 amide bonds. The number of nitrogens with two attached hydrogens (primary N) is 1. The highest BCUT2D eigenvalue weighted by Crippen LogP contribution is 2.33. The van der Waals surface area contributed by atoms with Crippen molar-refractivity contribution >= 4 is 15.9 Å². The second kappa shape index (κ2) is 2.89. The minimum Gasteiger partial charge on any atom is -0.457 e. The lowest BCUT2D eigenvalue weighted by molar-refractivity contribution is 0.247. The molecular weight excluding hydrogens is 218 g/mol. The largest absolute Gasteiger partial charge is 0.457 e. The second-order valence-electron chi connectivity index (χ2n) is 3.65. The molecule has 66 valence electrons. The second-order valence-corrected chi connectivity index (χ2v) is 4.43. The van der Waals surface area contributed by atoms with Crippen LogP contribution in [0, 0.1) is 0 Å². The third-order valence-corrected chi connectivity index (χ3v) is 2.94. The van der Waals surface area contributed by atoms with Crippen LogP contribution in [0.2, 0.25) is 0 Å². The van der Waals surface area contributed by atoms with Gasteiger partial charge in [0.2, 0.25) is 0 Å². The minimum atomic E-state index is 0.0588. The zero-order chi connectivity index (χ0) is 8.60. The van der Waals surface area contributed by atoms with Gasteiger partial charge in [-0.2, -0.15) is 0 Å². The highest BCUT2D eigenvalue weighted by atomic mass is 79.9. The van der Waals surface area contributed by atoms with Crippen LogP contribution in [-0.2, 0) is 6.42 Å². The van der Waals surface area contributed by atoms with Crippen molar-refractivity contribution in [1.29, 1.82) is 0 Å². The first-order chi connectivity index (χ1) is 5.68. The molecule has 2 nitrogen and oxygen atoms in total. The summed E-state index contributed by atoms with van der Waals surface area (Å²) in [5.74, 6) is 0. The van der Waals surface area contributed by atoms with Crippen LogP contribution in [0.4, 0.5) is 0 Å². The van der Waals surface area contributed by atoms with E-state index < -0.39 is 0 Å². The number of furan rings is 1. The van der Waals surface area contributed by atoms with Gasteiger partial charge in [-0.1, -0.05) is 0 Å². The number of rotatable bonds is 2. The lowest BCUT2D eigenvalue weighted by Gasteiger charge is -2.37. The summed E-state index contributed by atoms with van der Waals surface area (Å²) in [6.45, 7) is 0. The summed E-state index contributed by atoms with van der Waals surface area (Å²) in [6, 6.07) is 1.99. The molecule has 0 unspecified atom stereocenters. The Kier molecular flexibility index (Phi) is 2.00. The Hall–Kier alpha value is -0.280. The third-order valence-electron chi connectivity index (χ3n) is 2.53. The van der Waals surface area contributed by atoms with E-state index in [1.807, 2.05) is 6.07 Å². The van der Waals surface area contributed by atoms with Gasteiger partial charge >= 0.3 is 0 Å². The van der Waals surface area contributed by atoms with Gasteiger partial charge in [0.15, 0.2) is 4.67 Å². The molecule has 0 spiro atoms. The zero-order valence-electron chi connectivity index (χ0n) is 6.85. The first-order valence-electron chi connectivity index (χ1n) is 4.20. The van der Waals surface area contributed by atoms with Crippen molar-refractivity contribution in [3.05, 3.63) is 22.6 Å². The van der Waals surface area contributed by atoms with Gasteiger partial charge in [-0.05, 0) is 53.2 Å². The maximum Gasteiger partial charge on any atom is 0.169 e. The molecule has 1 aromatic heterocycles. The summed E-state index contributed by atoms with van der Waals surface area (Å²) in [6.07, 6.45) is 6.29. The summed E-state index contributed by atoms with van der Waals surface area (Å²) < 4.78 is 5.93. The Morgan fingerprint density at radius 2 is 2.33 bits per heavy atom. The molecule has 0 radical (unpaired) electrons. The lowest BCUT2D eigenvalue weighted by Crippen LogP contribution is -2.48. The molecule has 1 aromatic rings. The molecule has 3 heteroatoms. The molecule has 12 heavy (non-hydrogen) atoms. The molecule has 2 N–H and O–H groups in total. The van der Waals surface area contributed by atoms with Gasteiger partial charge in [0.05, 0.1) is 6.26 Å². The fourth-order valence-electron chi connectivity index (χ4n) is 1.65. The molecule has 0 saturated heterocycles. The van der Waals surface area contributed by atoms with E-state index in [-0.39, 0.29) is 5.54 Å². The minimum absolute atomic E-state index is 0.0588. The molecule has 0 aromatic carbocycles. The van der Waals surface area contributed by atoms with Gasteiger partial charge < -0.3 is 10.2 Å². The summed E-state index contributed by atoms with van der Waals surface area (Å²) in [5.41, 5.74) is 7.34. The normalized spacial score (nSPS) is 20.5. The Morgan fingerprint density at radius 3 is 2.75 bits per heavy atom. The van der Waals surface area contributed by atoms with Gasteiger partial charge in [0, 0.05) is 5.54 Å². The summed E-state index contributed by atoms with van der Waals surface area (Å²) in [7, 11) is 0. The number of hydrogen-bond acceptors (Lipinski definition) is 2. The van der Waals surface area contributed by atoms with Gasteiger partial charge in [-0.25, -0.2) is 0 Å². The Labute approximate surface area is 80.3 Å². The van der Waals surface area contributed by atoms with Crippen molar-refractivity contribution in [3.8, 4) is 0 Å². The SMILES string of the molecule is NC1(Cc2coc(Br)c2)CCC1. The first-order valence-corrected chi connectivity index (χ1v) is 4.99. The Morgan fingerprint density at radius 1 is 1.58 bits per heavy atom. The van der Waals surface area contributed by atoms with Crippen molar-refractivity contribution < 1.29 is 4.42 Å². The predicted octanol–water partition coefficient (Wildman–Crippen LogP) is 2.47. The molecule has 1 fully saturated rings. The van der Waals surface area contributed by atoms with Crippen LogP contribution >= 0.6 is 15.9 Å². The molecule has 1 aliphatic carbocycles. The van der Waals surface area contributed by atoms with Crippen molar-refractivity contribution in [2.75, 3.05) is 0 Å². The molecule has 1 aliphatic rings. The van der Waals surface area contributed by atoms with E-state index >= 15 is 0 Å². The molecule has 1 heterocycles. The highest BCUT2D eigenvalue weighted by Gasteiger charge is 2.32. The fraction of sp³-hybridized carbons (Fsp3) is 0.556. The van der Waals surface area contributed by atoms with E-state index in [1.54, 1.807) is 6.26 Å². The highest BCUT2D eigenvalue weighted by molar-refractivity contribution is 9.10. The average molecular weight is 230 g/mol. The quantitative estimate of drug-likeness (QED) is 0.847. The maximum absolute atomic E-state index is 6.09. The van der Waals surface area contributed by atoms with E-state index in [9.17, 15) is 0 Å². The van der Waals surface area contributed by atoms with Crippen molar-refractivity contribution in [2.24, 2.45) is 5.73 Å². The molecule has 0 bridgehead atoms. The summed E-state index contributed by atoms with van der Waals surface area (Å²) >= 11 is 3.27. The van der Waals surface area contributed by atoms with E-state index in [1.165, 1.54) is 12.0 Å². The molecule has 2 rings (SSSR count). The molecule has 1 saturated carbocycles. The van der Waals surface area contributed by atoms with Crippen molar-refractivity contribution in [3.63, 3.8) is 0 Å². The van der Waals surface area contributed by atoms with Crippen LogP contribution in [-0.4, -0.2) is 5.54 Å². The monoisotopic (exact) mass is 229 g/mol. The van der Waals surface area contributed by atoms with Crippen LogP contribution in [0.1, 0.15) is 24.8 Å². The summed E-state index contributed by atoms with van der Waals surface area (Å²) in [4.78, 5) is 0. The van der Waals surface area contributed by atoms with Crippen molar-refractivity contribution in [1.82, 2.24) is 0 Å².